The van der Waals surface area contributed by atoms with Crippen molar-refractivity contribution in [1.82, 2.24) is 10.2 Å². The topological polar surface area (TPSA) is 61.8 Å². The van der Waals surface area contributed by atoms with Crippen LogP contribution in [-0.2, 0) is 9.53 Å². The minimum atomic E-state index is -0.189. The van der Waals surface area contributed by atoms with E-state index in [9.17, 15) is 4.79 Å². The molecule has 0 aromatic carbocycles. The highest BCUT2D eigenvalue weighted by atomic mass is 16.5. The van der Waals surface area contributed by atoms with Crippen LogP contribution in [0.2, 0.25) is 0 Å². The van der Waals surface area contributed by atoms with E-state index in [1.807, 2.05) is 4.90 Å². The molecule has 16 heavy (non-hydrogen) atoms. The zero-order valence-corrected chi connectivity index (χ0v) is 9.52. The highest BCUT2D eigenvalue weighted by molar-refractivity contribution is 5.82. The van der Waals surface area contributed by atoms with Gasteiger partial charge < -0.3 is 20.1 Å². The maximum Gasteiger partial charge on any atom is 0.242 e. The van der Waals surface area contributed by atoms with Crippen LogP contribution in [0.1, 0.15) is 12.8 Å². The molecule has 0 saturated carbocycles. The minimum absolute atomic E-state index is 0.123. The van der Waals surface area contributed by atoms with Gasteiger partial charge in [-0.25, -0.2) is 0 Å². The Hall–Kier alpha value is -0.650. The van der Waals surface area contributed by atoms with Gasteiger partial charge in [-0.15, -0.1) is 0 Å². The molecule has 5 nitrogen and oxygen atoms in total. The van der Waals surface area contributed by atoms with E-state index in [0.29, 0.717) is 19.8 Å². The molecule has 2 atom stereocenters. The molecule has 5 heteroatoms. The van der Waals surface area contributed by atoms with Crippen molar-refractivity contribution in [3.8, 4) is 0 Å². The Morgan fingerprint density at radius 1 is 1.56 bits per heavy atom. The van der Waals surface area contributed by atoms with Crippen LogP contribution in [0.4, 0.5) is 0 Å². The van der Waals surface area contributed by atoms with Crippen molar-refractivity contribution < 1.29 is 14.6 Å². The van der Waals surface area contributed by atoms with Crippen LogP contribution in [0.3, 0.4) is 0 Å². The van der Waals surface area contributed by atoms with Crippen LogP contribution in [0.5, 0.6) is 0 Å². The first-order valence-corrected chi connectivity index (χ1v) is 6.02. The molecule has 2 N–H and O–H groups in total. The van der Waals surface area contributed by atoms with Gasteiger partial charge in [0.25, 0.3) is 0 Å². The normalized spacial score (nSPS) is 31.4. The molecule has 0 aliphatic carbocycles. The first-order chi connectivity index (χ1) is 7.81. The third-order valence-electron chi connectivity index (χ3n) is 3.31. The first-order valence-electron chi connectivity index (χ1n) is 6.02. The van der Waals surface area contributed by atoms with Crippen molar-refractivity contribution in [3.63, 3.8) is 0 Å². The number of morpholine rings is 1. The van der Waals surface area contributed by atoms with E-state index in [0.717, 1.165) is 25.9 Å². The van der Waals surface area contributed by atoms with Crippen molar-refractivity contribution in [2.24, 2.45) is 5.92 Å². The van der Waals surface area contributed by atoms with Crippen molar-refractivity contribution in [2.45, 2.75) is 18.9 Å². The largest absolute Gasteiger partial charge is 0.396 e. The average Bonchev–Trinajstić information content (AvgIpc) is 2.39. The molecule has 2 unspecified atom stereocenters. The second-order valence-corrected chi connectivity index (χ2v) is 4.56. The second-order valence-electron chi connectivity index (χ2n) is 4.56. The maximum absolute atomic E-state index is 12.1. The van der Waals surface area contributed by atoms with Crippen molar-refractivity contribution in [2.75, 3.05) is 39.5 Å². The van der Waals surface area contributed by atoms with E-state index in [1.165, 1.54) is 0 Å². The van der Waals surface area contributed by atoms with Crippen LogP contribution in [0.25, 0.3) is 0 Å². The van der Waals surface area contributed by atoms with Gasteiger partial charge in [-0.1, -0.05) is 0 Å². The summed E-state index contributed by atoms with van der Waals surface area (Å²) in [5.74, 6) is 0.375. The van der Waals surface area contributed by atoms with Crippen molar-refractivity contribution >= 4 is 5.91 Å². The number of aliphatic hydroxyl groups excluding tert-OH is 1. The van der Waals surface area contributed by atoms with Gasteiger partial charge in [-0.3, -0.25) is 4.79 Å². The number of nitrogens with one attached hydrogen (secondary N) is 1. The van der Waals surface area contributed by atoms with E-state index in [4.69, 9.17) is 9.84 Å². The van der Waals surface area contributed by atoms with Gasteiger partial charge in [0.2, 0.25) is 5.91 Å². The summed E-state index contributed by atoms with van der Waals surface area (Å²) in [5, 5.41) is 12.3. The summed E-state index contributed by atoms with van der Waals surface area (Å²) in [7, 11) is 0. The number of carbonyl (C=O) groups excluding carboxylic acids is 1. The molecular formula is C11H20N2O3. The van der Waals surface area contributed by atoms with Crippen LogP contribution in [-0.4, -0.2) is 61.4 Å². The molecule has 0 bridgehead atoms. The predicted molar refractivity (Wildman–Crippen MR) is 59.0 cm³/mol. The molecule has 2 fully saturated rings. The van der Waals surface area contributed by atoms with E-state index < -0.39 is 0 Å². The molecular weight excluding hydrogens is 208 g/mol. The molecule has 2 rings (SSSR count). The summed E-state index contributed by atoms with van der Waals surface area (Å²) in [6, 6.07) is -0.189. The quantitative estimate of drug-likeness (QED) is 0.650. The molecule has 1 amide bonds. The lowest BCUT2D eigenvalue weighted by atomic mass is 9.98. The summed E-state index contributed by atoms with van der Waals surface area (Å²) in [6.07, 6.45) is 2.01. The highest BCUT2D eigenvalue weighted by Gasteiger charge is 2.29. The number of hydrogen-bond donors (Lipinski definition) is 2. The Morgan fingerprint density at radius 3 is 3.12 bits per heavy atom. The zero-order valence-electron chi connectivity index (χ0n) is 9.52. The van der Waals surface area contributed by atoms with E-state index >= 15 is 0 Å². The van der Waals surface area contributed by atoms with Crippen LogP contribution >= 0.6 is 0 Å². The number of ether oxygens (including phenoxy) is 1. The van der Waals surface area contributed by atoms with Gasteiger partial charge >= 0.3 is 0 Å². The monoisotopic (exact) mass is 228 g/mol. The third-order valence-corrected chi connectivity index (χ3v) is 3.31. The van der Waals surface area contributed by atoms with Crippen molar-refractivity contribution in [3.05, 3.63) is 0 Å². The van der Waals surface area contributed by atoms with Gasteiger partial charge in [0, 0.05) is 26.2 Å². The number of hydrogen-bond acceptors (Lipinski definition) is 4. The molecule has 92 valence electrons. The maximum atomic E-state index is 12.1. The number of likely N-dealkylation sites (tertiary alicyclic amines) is 1. The second kappa shape index (κ2) is 5.61. The summed E-state index contributed by atoms with van der Waals surface area (Å²) < 4.78 is 5.29. The number of amides is 1. The lowest BCUT2D eigenvalue weighted by molar-refractivity contribution is -0.138. The van der Waals surface area contributed by atoms with Crippen LogP contribution < -0.4 is 5.32 Å². The highest BCUT2D eigenvalue weighted by Crippen LogP contribution is 2.16. The lowest BCUT2D eigenvalue weighted by Gasteiger charge is -2.35. The Kier molecular flexibility index (Phi) is 4.15. The standard InChI is InChI=1S/C11H20N2O3/c14-7-9-2-1-4-13(6-9)11(15)10-8-16-5-3-12-10/h9-10,12,14H,1-8H2. The molecule has 0 aromatic rings. The SMILES string of the molecule is O=C(C1COCCN1)N1CCCC(CO)C1. The summed E-state index contributed by atoms with van der Waals surface area (Å²) in [4.78, 5) is 14.0. The molecule has 2 heterocycles. The Bertz CT molecular complexity index is 241. The van der Waals surface area contributed by atoms with Gasteiger partial charge in [0.05, 0.1) is 13.2 Å². The van der Waals surface area contributed by atoms with Gasteiger partial charge in [-0.05, 0) is 18.8 Å². The Labute approximate surface area is 95.8 Å². The minimum Gasteiger partial charge on any atom is -0.396 e. The zero-order chi connectivity index (χ0) is 11.4. The van der Waals surface area contributed by atoms with Crippen LogP contribution in [0, 0.1) is 5.92 Å². The molecule has 0 spiro atoms. The van der Waals surface area contributed by atoms with Gasteiger partial charge in [-0.2, -0.15) is 0 Å². The van der Waals surface area contributed by atoms with Crippen LogP contribution in [0.15, 0.2) is 0 Å². The number of rotatable bonds is 2. The molecule has 2 saturated heterocycles. The summed E-state index contributed by atoms with van der Waals surface area (Å²) >= 11 is 0. The fourth-order valence-corrected chi connectivity index (χ4v) is 2.36. The smallest absolute Gasteiger partial charge is 0.242 e. The van der Waals surface area contributed by atoms with Crippen molar-refractivity contribution in [1.29, 1.82) is 0 Å². The molecule has 0 aromatic heterocycles. The van der Waals surface area contributed by atoms with E-state index in [1.54, 1.807) is 0 Å². The van der Waals surface area contributed by atoms with Gasteiger partial charge in [0.15, 0.2) is 0 Å². The fraction of sp³-hybridized carbons (Fsp3) is 0.909. The number of piperidine rings is 1. The predicted octanol–water partition coefficient (Wildman–Crippen LogP) is -0.794. The molecule has 2 aliphatic heterocycles. The Balaban J connectivity index is 1.87. The molecule has 2 aliphatic rings. The molecule has 0 radical (unpaired) electrons. The fourth-order valence-electron chi connectivity index (χ4n) is 2.36. The number of carbonyl (C=O) groups is 1. The van der Waals surface area contributed by atoms with Gasteiger partial charge in [0.1, 0.15) is 6.04 Å². The average molecular weight is 228 g/mol. The third kappa shape index (κ3) is 2.72. The first kappa shape index (κ1) is 11.8. The Morgan fingerprint density at radius 2 is 2.44 bits per heavy atom. The lowest BCUT2D eigenvalue weighted by Crippen LogP contribution is -2.54. The van der Waals surface area contributed by atoms with E-state index in [-0.39, 0.29) is 24.5 Å². The number of aliphatic hydroxyl groups is 1. The number of nitrogens with zero attached hydrogens (tertiary/aromatic N) is 1. The summed E-state index contributed by atoms with van der Waals surface area (Å²) in [5.41, 5.74) is 0. The summed E-state index contributed by atoms with van der Waals surface area (Å²) in [6.45, 7) is 3.58. The van der Waals surface area contributed by atoms with E-state index in [2.05, 4.69) is 5.32 Å².